The molecule has 0 aliphatic carbocycles. The van der Waals surface area contributed by atoms with E-state index < -0.39 is 53.9 Å². The van der Waals surface area contributed by atoms with Gasteiger partial charge >= 0.3 is 65.1 Å². The molecule has 0 aliphatic rings. The van der Waals surface area contributed by atoms with Crippen LogP contribution in [-0.2, 0) is 34.6 Å². The molecule has 0 saturated carbocycles. The Bertz CT molecular complexity index is 960. The number of hydrazone groups is 1. The minimum atomic E-state index is -5.05. The van der Waals surface area contributed by atoms with Crippen molar-refractivity contribution in [3.8, 4) is 0 Å². The number of carbonyl (C=O) groups excluding carboxylic acids is 2. The number of benzene rings is 1. The van der Waals surface area contributed by atoms with E-state index in [-0.39, 0.29) is 71.4 Å². The molecule has 0 spiro atoms. The first-order valence-electron chi connectivity index (χ1n) is 6.91. The number of hydrogen-bond acceptors (Lipinski definition) is 11. The number of hydrogen-bond donors (Lipinski definition) is 1. The molecule has 0 aromatic heterocycles. The van der Waals surface area contributed by atoms with Gasteiger partial charge in [-0.2, -0.15) is 5.10 Å². The first-order valence-corrected chi connectivity index (χ1v) is 9.73. The molecule has 1 aromatic rings. The van der Waals surface area contributed by atoms with Crippen molar-refractivity contribution < 1.29 is 99.4 Å². The second-order valence-electron chi connectivity index (χ2n) is 4.77. The summed E-state index contributed by atoms with van der Waals surface area (Å²) < 4.78 is 71.5. The van der Waals surface area contributed by atoms with Crippen LogP contribution in [-0.4, -0.2) is 50.0 Å². The molecule has 0 amide bonds. The molecule has 0 unspecified atom stereocenters. The van der Waals surface area contributed by atoms with Crippen LogP contribution in [0, 0.1) is 0 Å². The summed E-state index contributed by atoms with van der Waals surface area (Å²) in [5.74, 6) is -1.44. The Kier molecular flexibility index (Phi) is 13.2. The summed E-state index contributed by atoms with van der Waals surface area (Å²) >= 11 is 0. The predicted molar refractivity (Wildman–Crippen MR) is 85.4 cm³/mol. The van der Waals surface area contributed by atoms with Crippen molar-refractivity contribution in [2.75, 3.05) is 12.0 Å². The number of rotatable bonds is 8. The van der Waals surface area contributed by atoms with Crippen LogP contribution in [0.3, 0.4) is 0 Å². The van der Waals surface area contributed by atoms with Crippen LogP contribution in [0.2, 0.25) is 0 Å². The summed E-state index contributed by atoms with van der Waals surface area (Å²) in [6, 6.07) is 1.84. The van der Waals surface area contributed by atoms with Crippen molar-refractivity contribution in [3.63, 3.8) is 0 Å². The van der Waals surface area contributed by atoms with Gasteiger partial charge in [0.15, 0.2) is 5.78 Å². The molecular weight excluding hydrogens is 438 g/mol. The second-order valence-corrected chi connectivity index (χ2v) is 7.50. The topological polar surface area (TPSA) is 182 Å². The average molecular weight is 452 g/mol. The molecule has 1 rings (SSSR count). The zero-order chi connectivity index (χ0) is 20.1. The molecular formula is C13H14N2Na2O9S2. The van der Waals surface area contributed by atoms with Crippen LogP contribution in [0.5, 0.6) is 0 Å². The zero-order valence-corrected chi connectivity index (χ0v) is 21.2. The van der Waals surface area contributed by atoms with E-state index in [1.807, 2.05) is 5.43 Å². The summed E-state index contributed by atoms with van der Waals surface area (Å²) in [5.41, 5.74) is 1.03. The van der Waals surface area contributed by atoms with Gasteiger partial charge in [-0.05, 0) is 25.1 Å². The van der Waals surface area contributed by atoms with E-state index in [9.17, 15) is 35.5 Å². The molecule has 1 aromatic carbocycles. The van der Waals surface area contributed by atoms with Gasteiger partial charge in [-0.15, -0.1) is 0 Å². The van der Waals surface area contributed by atoms with E-state index in [0.29, 0.717) is 18.2 Å². The van der Waals surface area contributed by atoms with Gasteiger partial charge in [0.2, 0.25) is 0 Å². The van der Waals surface area contributed by atoms with Crippen LogP contribution in [0.15, 0.2) is 33.1 Å². The number of ether oxygens (including phenoxy) is 1. The molecule has 28 heavy (non-hydrogen) atoms. The number of esters is 1. The minimum Gasteiger partial charge on any atom is -0.744 e. The maximum absolute atomic E-state index is 11.5. The summed E-state index contributed by atoms with van der Waals surface area (Å²) in [4.78, 5) is 21.2. The van der Waals surface area contributed by atoms with E-state index in [4.69, 9.17) is 0 Å². The molecule has 0 radical (unpaired) electrons. The fourth-order valence-corrected chi connectivity index (χ4v) is 2.79. The number of nitrogens with one attached hydrogen (secondary N) is 1. The van der Waals surface area contributed by atoms with Gasteiger partial charge in [0.1, 0.15) is 25.9 Å². The number of ketones is 1. The minimum absolute atomic E-state index is 0. The molecule has 0 bridgehead atoms. The van der Waals surface area contributed by atoms with Crippen molar-refractivity contribution in [3.05, 3.63) is 18.2 Å². The fraction of sp³-hybridized carbons (Fsp3) is 0.308. The predicted octanol–water partition coefficient (Wildman–Crippen LogP) is -6.19. The summed E-state index contributed by atoms with van der Waals surface area (Å²) in [5, 5.41) is 3.53. The molecule has 144 valence electrons. The fourth-order valence-electron chi connectivity index (χ4n) is 1.69. The Hall–Kier alpha value is -0.350. The third kappa shape index (κ3) is 9.43. The van der Waals surface area contributed by atoms with Crippen LogP contribution >= 0.6 is 0 Å². The van der Waals surface area contributed by atoms with E-state index >= 15 is 0 Å². The SMILES string of the molecule is CCOC(=O)CC(=NNc1cc(S(=O)(=O)[O-])ccc1S(=O)(=O)[O-])C(C)=O.[Na+].[Na+]. The van der Waals surface area contributed by atoms with Gasteiger partial charge in [0.25, 0.3) is 0 Å². The van der Waals surface area contributed by atoms with Crippen molar-refractivity contribution in [1.29, 1.82) is 0 Å². The van der Waals surface area contributed by atoms with Crippen LogP contribution in [0.4, 0.5) is 5.69 Å². The van der Waals surface area contributed by atoms with Gasteiger partial charge in [0, 0.05) is 6.92 Å². The Labute approximate surface area is 206 Å². The number of Topliss-reactive ketones (excluding diaryl/α,β-unsaturated/α-hetero) is 1. The van der Waals surface area contributed by atoms with Crippen molar-refractivity contribution in [2.24, 2.45) is 5.10 Å². The van der Waals surface area contributed by atoms with Gasteiger partial charge in [0.05, 0.1) is 28.5 Å². The van der Waals surface area contributed by atoms with E-state index in [2.05, 4.69) is 9.84 Å². The molecule has 0 fully saturated rings. The summed E-state index contributed by atoms with van der Waals surface area (Å²) in [6.07, 6.45) is -0.546. The average Bonchev–Trinajstić information content (AvgIpc) is 2.49. The third-order valence-electron chi connectivity index (χ3n) is 2.84. The molecule has 0 aliphatic heterocycles. The molecule has 0 heterocycles. The van der Waals surface area contributed by atoms with E-state index in [1.54, 1.807) is 6.92 Å². The van der Waals surface area contributed by atoms with E-state index in [0.717, 1.165) is 6.92 Å². The Morgan fingerprint density at radius 2 is 1.68 bits per heavy atom. The van der Waals surface area contributed by atoms with Crippen molar-refractivity contribution in [1.82, 2.24) is 0 Å². The number of nitrogens with zero attached hydrogens (tertiary/aromatic N) is 1. The van der Waals surface area contributed by atoms with Crippen LogP contribution in [0.25, 0.3) is 0 Å². The van der Waals surface area contributed by atoms with Crippen molar-refractivity contribution in [2.45, 2.75) is 30.1 Å². The maximum Gasteiger partial charge on any atom is 1.00 e. The Morgan fingerprint density at radius 1 is 1.11 bits per heavy atom. The molecule has 0 atom stereocenters. The van der Waals surface area contributed by atoms with Crippen LogP contribution < -0.4 is 64.5 Å². The monoisotopic (exact) mass is 452 g/mol. The van der Waals surface area contributed by atoms with E-state index in [1.165, 1.54) is 0 Å². The summed E-state index contributed by atoms with van der Waals surface area (Å²) in [7, 11) is -10.00. The Balaban J connectivity index is 0. The van der Waals surface area contributed by atoms with Gasteiger partial charge in [-0.1, -0.05) is 0 Å². The molecule has 1 N–H and O–H groups in total. The summed E-state index contributed by atoms with van der Waals surface area (Å²) in [6.45, 7) is 2.67. The van der Waals surface area contributed by atoms with Crippen molar-refractivity contribution >= 4 is 43.4 Å². The number of anilines is 1. The maximum atomic E-state index is 11.5. The molecule has 11 nitrogen and oxygen atoms in total. The Morgan fingerprint density at radius 3 is 2.11 bits per heavy atom. The smallest absolute Gasteiger partial charge is 0.744 e. The van der Waals surface area contributed by atoms with Gasteiger partial charge in [-0.3, -0.25) is 15.0 Å². The second kappa shape index (κ2) is 12.4. The van der Waals surface area contributed by atoms with Crippen LogP contribution in [0.1, 0.15) is 20.3 Å². The molecule has 15 heteroatoms. The standard InChI is InChI=1S/C13H16N2O9S2.2Na/c1-3-24-13(17)7-10(8(2)16)14-15-11-6-9(25(18,19)20)4-5-12(11)26(21,22)23;;/h4-6,15H,3,7H2,1-2H3,(H,18,19,20)(H,21,22,23);;/q;2*+1/p-2. The number of carbonyl (C=O) groups is 2. The first kappa shape index (κ1) is 29.8. The largest absolute Gasteiger partial charge is 1.00 e. The van der Waals surface area contributed by atoms with Gasteiger partial charge < -0.3 is 13.8 Å². The normalized spacial score (nSPS) is 11.6. The first-order chi connectivity index (χ1) is 11.9. The van der Waals surface area contributed by atoms with Gasteiger partial charge in [-0.25, -0.2) is 16.8 Å². The zero-order valence-electron chi connectivity index (χ0n) is 15.6. The quantitative estimate of drug-likeness (QED) is 0.131. The third-order valence-corrected chi connectivity index (χ3v) is 4.57. The molecule has 0 saturated heterocycles.